The van der Waals surface area contributed by atoms with E-state index in [0.29, 0.717) is 11.5 Å². The highest BCUT2D eigenvalue weighted by molar-refractivity contribution is 7.98. The maximum absolute atomic E-state index is 13.1. The molecule has 114 valence electrons. The Balaban J connectivity index is 1.85. The highest BCUT2D eigenvalue weighted by atomic mass is 32.2. The number of thioether (sulfide) groups is 1. The van der Waals surface area contributed by atoms with Gasteiger partial charge in [-0.15, -0.1) is 11.8 Å². The van der Waals surface area contributed by atoms with Crippen molar-refractivity contribution >= 4 is 17.7 Å². The summed E-state index contributed by atoms with van der Waals surface area (Å²) in [4.78, 5) is 16.3. The summed E-state index contributed by atoms with van der Waals surface area (Å²) >= 11 is 1.65. The van der Waals surface area contributed by atoms with Crippen LogP contribution in [0.5, 0.6) is 0 Å². The Morgan fingerprint density at radius 3 is 2.81 bits per heavy atom. The third-order valence-corrected chi connectivity index (χ3v) is 5.52. The second-order valence-corrected chi connectivity index (χ2v) is 7.44. The van der Waals surface area contributed by atoms with Crippen molar-refractivity contribution in [2.45, 2.75) is 37.1 Å². The van der Waals surface area contributed by atoms with E-state index in [4.69, 9.17) is 0 Å². The fourth-order valence-corrected chi connectivity index (χ4v) is 3.62. The van der Waals surface area contributed by atoms with Crippen LogP contribution in [0.3, 0.4) is 0 Å². The molecule has 0 unspecified atom stereocenters. The fourth-order valence-electron chi connectivity index (χ4n) is 3.03. The van der Waals surface area contributed by atoms with Crippen LogP contribution in [0, 0.1) is 5.41 Å². The van der Waals surface area contributed by atoms with Crippen molar-refractivity contribution in [3.63, 3.8) is 0 Å². The first kappa shape index (κ1) is 14.9. The Hall–Kier alpha value is -1.00. The van der Waals surface area contributed by atoms with E-state index in [1.807, 2.05) is 30.5 Å². The molecule has 3 rings (SSSR count). The molecule has 1 heterocycles. The van der Waals surface area contributed by atoms with Crippen molar-refractivity contribution in [1.82, 2.24) is 10.2 Å². The van der Waals surface area contributed by atoms with Gasteiger partial charge in [-0.1, -0.05) is 19.1 Å². The lowest BCUT2D eigenvalue weighted by molar-refractivity contribution is 0.0647. The van der Waals surface area contributed by atoms with Gasteiger partial charge in [0.2, 0.25) is 0 Å². The molecule has 0 radical (unpaired) electrons. The van der Waals surface area contributed by atoms with Crippen molar-refractivity contribution in [3.8, 4) is 0 Å². The summed E-state index contributed by atoms with van der Waals surface area (Å²) in [5.41, 5.74) is 1.22. The number of benzene rings is 1. The number of hydrogen-bond acceptors (Lipinski definition) is 3. The van der Waals surface area contributed by atoms with Crippen LogP contribution in [-0.2, 0) is 0 Å². The van der Waals surface area contributed by atoms with Gasteiger partial charge in [-0.2, -0.15) is 0 Å². The molecule has 1 saturated heterocycles. The Labute approximate surface area is 131 Å². The largest absolute Gasteiger partial charge is 0.334 e. The van der Waals surface area contributed by atoms with Gasteiger partial charge in [0.1, 0.15) is 0 Å². The van der Waals surface area contributed by atoms with Gasteiger partial charge < -0.3 is 10.2 Å². The molecule has 21 heavy (non-hydrogen) atoms. The predicted octanol–water partition coefficient (Wildman–Crippen LogP) is 3.01. The molecule has 1 N–H and O–H groups in total. The first-order valence-electron chi connectivity index (χ1n) is 7.78. The van der Waals surface area contributed by atoms with Gasteiger partial charge in [0, 0.05) is 24.0 Å². The van der Waals surface area contributed by atoms with Crippen LogP contribution in [-0.4, -0.2) is 42.7 Å². The lowest BCUT2D eigenvalue weighted by Gasteiger charge is -2.32. The van der Waals surface area contributed by atoms with Crippen LogP contribution in [0.25, 0.3) is 0 Å². The molecule has 2 fully saturated rings. The molecule has 1 aromatic carbocycles. The first-order valence-corrected chi connectivity index (χ1v) is 9.00. The van der Waals surface area contributed by atoms with E-state index < -0.39 is 0 Å². The lowest BCUT2D eigenvalue weighted by Crippen LogP contribution is -2.44. The zero-order chi connectivity index (χ0) is 14.9. The quantitative estimate of drug-likeness (QED) is 0.849. The van der Waals surface area contributed by atoms with Gasteiger partial charge >= 0.3 is 0 Å². The molecule has 1 amide bonds. The fraction of sp³-hybridized carbons (Fsp3) is 0.588. The number of nitrogens with one attached hydrogen (secondary N) is 1. The van der Waals surface area contributed by atoms with E-state index in [1.54, 1.807) is 11.8 Å². The molecule has 1 aliphatic carbocycles. The normalized spacial score (nSPS) is 23.0. The average molecular weight is 304 g/mol. The molecular formula is C17H24N2OS. The molecular weight excluding hydrogens is 280 g/mol. The number of carbonyl (C=O) groups excluding carboxylic acids is 1. The number of rotatable bonds is 5. The average Bonchev–Trinajstić information content (AvgIpc) is 3.02. The van der Waals surface area contributed by atoms with Crippen molar-refractivity contribution in [1.29, 1.82) is 0 Å². The molecule has 0 spiro atoms. The van der Waals surface area contributed by atoms with Crippen LogP contribution in [0.1, 0.15) is 36.5 Å². The van der Waals surface area contributed by atoms with Crippen LogP contribution < -0.4 is 5.32 Å². The van der Waals surface area contributed by atoms with Gasteiger partial charge in [-0.25, -0.2) is 0 Å². The molecule has 1 aliphatic heterocycles. The maximum atomic E-state index is 13.1. The Bertz CT molecular complexity index is 521. The standard InChI is InChI=1S/C17H24N2OS/c1-17(8-9-17)12-19(13-7-10-18-11-13)16(20)14-5-3-4-6-15(14)21-2/h3-6,13,18H,7-12H2,1-2H3/t13-/m0/s1. The third-order valence-electron chi connectivity index (χ3n) is 4.73. The smallest absolute Gasteiger partial charge is 0.255 e. The molecule has 0 bridgehead atoms. The van der Waals surface area contributed by atoms with Crippen LogP contribution in [0.4, 0.5) is 0 Å². The molecule has 0 aromatic heterocycles. The molecule has 3 nitrogen and oxygen atoms in total. The summed E-state index contributed by atoms with van der Waals surface area (Å²) < 4.78 is 0. The summed E-state index contributed by atoms with van der Waals surface area (Å²) in [5.74, 6) is 0.210. The van der Waals surface area contributed by atoms with Crippen molar-refractivity contribution in [3.05, 3.63) is 29.8 Å². The Morgan fingerprint density at radius 1 is 1.43 bits per heavy atom. The first-order chi connectivity index (χ1) is 10.1. The topological polar surface area (TPSA) is 32.3 Å². The number of nitrogens with zero attached hydrogens (tertiary/aromatic N) is 1. The van der Waals surface area contributed by atoms with Crippen molar-refractivity contribution < 1.29 is 4.79 Å². The third kappa shape index (κ3) is 3.27. The highest BCUT2D eigenvalue weighted by Crippen LogP contribution is 2.46. The number of carbonyl (C=O) groups is 1. The van der Waals surface area contributed by atoms with Crippen LogP contribution in [0.2, 0.25) is 0 Å². The minimum absolute atomic E-state index is 0.210. The minimum atomic E-state index is 0.210. The van der Waals surface area contributed by atoms with Gasteiger partial charge in [-0.3, -0.25) is 4.79 Å². The van der Waals surface area contributed by atoms with Gasteiger partial charge in [-0.05, 0) is 49.6 Å². The molecule has 4 heteroatoms. The predicted molar refractivity (Wildman–Crippen MR) is 87.9 cm³/mol. The summed E-state index contributed by atoms with van der Waals surface area (Å²) in [6.07, 6.45) is 5.61. The zero-order valence-corrected chi connectivity index (χ0v) is 13.7. The summed E-state index contributed by atoms with van der Waals surface area (Å²) in [7, 11) is 0. The van der Waals surface area contributed by atoms with E-state index >= 15 is 0 Å². The number of hydrogen-bond donors (Lipinski definition) is 1. The minimum Gasteiger partial charge on any atom is -0.334 e. The van der Waals surface area contributed by atoms with Crippen LogP contribution >= 0.6 is 11.8 Å². The second kappa shape index (κ2) is 6.01. The lowest BCUT2D eigenvalue weighted by atomic mass is 10.1. The second-order valence-electron chi connectivity index (χ2n) is 6.59. The van der Waals surface area contributed by atoms with E-state index in [-0.39, 0.29) is 5.91 Å². The van der Waals surface area contributed by atoms with E-state index in [1.165, 1.54) is 12.8 Å². The SMILES string of the molecule is CSc1ccccc1C(=O)N(CC1(C)CC1)[C@H]1CCNC1. The van der Waals surface area contributed by atoms with Crippen LogP contribution in [0.15, 0.2) is 29.2 Å². The van der Waals surface area contributed by atoms with Gasteiger partial charge in [0.05, 0.1) is 5.56 Å². The Morgan fingerprint density at radius 2 is 2.19 bits per heavy atom. The van der Waals surface area contributed by atoms with E-state index in [2.05, 4.69) is 17.1 Å². The number of amides is 1. The molecule has 2 aliphatic rings. The highest BCUT2D eigenvalue weighted by Gasteiger charge is 2.42. The summed E-state index contributed by atoms with van der Waals surface area (Å²) in [6.45, 7) is 5.16. The van der Waals surface area contributed by atoms with Gasteiger partial charge in [0.25, 0.3) is 5.91 Å². The monoisotopic (exact) mass is 304 g/mol. The van der Waals surface area contributed by atoms with E-state index in [0.717, 1.165) is 36.5 Å². The molecule has 1 saturated carbocycles. The molecule has 1 aromatic rings. The van der Waals surface area contributed by atoms with Crippen molar-refractivity contribution in [2.24, 2.45) is 5.41 Å². The van der Waals surface area contributed by atoms with Crippen molar-refractivity contribution in [2.75, 3.05) is 25.9 Å². The molecule has 1 atom stereocenters. The Kier molecular flexibility index (Phi) is 4.27. The zero-order valence-electron chi connectivity index (χ0n) is 12.9. The summed E-state index contributed by atoms with van der Waals surface area (Å²) in [6, 6.07) is 8.34. The van der Waals surface area contributed by atoms with E-state index in [9.17, 15) is 4.79 Å². The maximum Gasteiger partial charge on any atom is 0.255 e. The van der Waals surface area contributed by atoms with Gasteiger partial charge in [0.15, 0.2) is 0 Å². The summed E-state index contributed by atoms with van der Waals surface area (Å²) in [5, 5.41) is 3.39.